The monoisotopic (exact) mass is 258 g/mol. The van der Waals surface area contributed by atoms with Crippen LogP contribution >= 0.6 is 0 Å². The molecule has 2 rings (SSSR count). The molecule has 0 radical (unpaired) electrons. The predicted molar refractivity (Wildman–Crippen MR) is 73.0 cm³/mol. The Labute approximate surface area is 113 Å². The van der Waals surface area contributed by atoms with E-state index in [9.17, 15) is 0 Å². The van der Waals surface area contributed by atoms with E-state index in [-0.39, 0.29) is 6.04 Å². The minimum atomic E-state index is -0.0133. The normalized spacial score (nSPS) is 12.1. The number of aromatic nitrogens is 3. The number of pyridine rings is 1. The largest absolute Gasteiger partial charge is 0.492 e. The van der Waals surface area contributed by atoms with Crippen LogP contribution in [-0.4, -0.2) is 28.6 Å². The molecule has 1 unspecified atom stereocenters. The molecular formula is C14H18N4O. The van der Waals surface area contributed by atoms with Crippen LogP contribution < -0.4 is 10.1 Å². The van der Waals surface area contributed by atoms with E-state index in [1.807, 2.05) is 25.4 Å². The second-order valence-electron chi connectivity index (χ2n) is 4.16. The molecule has 0 aliphatic heterocycles. The van der Waals surface area contributed by atoms with Crippen molar-refractivity contribution in [3.8, 4) is 5.75 Å². The summed E-state index contributed by atoms with van der Waals surface area (Å²) >= 11 is 0. The van der Waals surface area contributed by atoms with Gasteiger partial charge in [0.25, 0.3) is 0 Å². The number of nitrogens with zero attached hydrogens (tertiary/aromatic N) is 3. The van der Waals surface area contributed by atoms with Gasteiger partial charge in [0.1, 0.15) is 12.1 Å². The molecule has 0 amide bonds. The lowest BCUT2D eigenvalue weighted by Crippen LogP contribution is -2.19. The molecule has 0 aromatic carbocycles. The summed E-state index contributed by atoms with van der Waals surface area (Å²) < 4.78 is 5.60. The molecule has 0 aliphatic carbocycles. The Morgan fingerprint density at radius 3 is 2.89 bits per heavy atom. The topological polar surface area (TPSA) is 59.9 Å². The Morgan fingerprint density at radius 1 is 1.32 bits per heavy atom. The number of nitrogens with one attached hydrogen (secondary N) is 1. The van der Waals surface area contributed by atoms with Crippen LogP contribution in [0.1, 0.15) is 30.6 Å². The number of rotatable bonds is 6. The molecule has 0 spiro atoms. The predicted octanol–water partition coefficient (Wildman–Crippen LogP) is 1.97. The molecule has 0 fully saturated rings. The first kappa shape index (κ1) is 13.4. The molecule has 2 aromatic heterocycles. The van der Waals surface area contributed by atoms with Gasteiger partial charge >= 0.3 is 0 Å². The maximum absolute atomic E-state index is 5.60. The molecule has 5 heteroatoms. The summed E-state index contributed by atoms with van der Waals surface area (Å²) in [6.07, 6.45) is 7.81. The van der Waals surface area contributed by atoms with Gasteiger partial charge in [0, 0.05) is 12.4 Å². The third-order valence-corrected chi connectivity index (χ3v) is 2.73. The average molecular weight is 258 g/mol. The van der Waals surface area contributed by atoms with Gasteiger partial charge in [0.05, 0.1) is 24.5 Å². The fraction of sp³-hybridized carbons (Fsp3) is 0.357. The maximum Gasteiger partial charge on any atom is 0.137 e. The molecule has 0 saturated carbocycles. The van der Waals surface area contributed by atoms with Gasteiger partial charge < -0.3 is 10.1 Å². The highest BCUT2D eigenvalue weighted by Crippen LogP contribution is 2.22. The summed E-state index contributed by atoms with van der Waals surface area (Å²) in [5.41, 5.74) is 1.93. The van der Waals surface area contributed by atoms with Crippen LogP contribution in [0.2, 0.25) is 0 Å². The molecule has 0 bridgehead atoms. The zero-order valence-electron chi connectivity index (χ0n) is 11.2. The Kier molecular flexibility index (Phi) is 4.80. The average Bonchev–Trinajstić information content (AvgIpc) is 2.47. The van der Waals surface area contributed by atoms with Gasteiger partial charge in [-0.15, -0.1) is 0 Å². The van der Waals surface area contributed by atoms with Gasteiger partial charge in [-0.1, -0.05) is 6.92 Å². The fourth-order valence-electron chi connectivity index (χ4n) is 1.85. The highest BCUT2D eigenvalue weighted by atomic mass is 16.5. The van der Waals surface area contributed by atoms with Gasteiger partial charge in [-0.05, 0) is 31.2 Å². The van der Waals surface area contributed by atoms with Gasteiger partial charge in [0.2, 0.25) is 0 Å². The van der Waals surface area contributed by atoms with Crippen molar-refractivity contribution in [2.24, 2.45) is 0 Å². The van der Waals surface area contributed by atoms with E-state index < -0.39 is 0 Å². The van der Waals surface area contributed by atoms with Crippen molar-refractivity contribution >= 4 is 0 Å². The number of hydrogen-bond acceptors (Lipinski definition) is 5. The summed E-state index contributed by atoms with van der Waals surface area (Å²) in [6, 6.07) is 3.87. The molecule has 100 valence electrons. The smallest absolute Gasteiger partial charge is 0.137 e. The SMILES string of the molecule is CCCOc1cncc(C(NC)c2ccncn2)c1. The van der Waals surface area contributed by atoms with Crippen molar-refractivity contribution in [2.75, 3.05) is 13.7 Å². The van der Waals surface area contributed by atoms with Gasteiger partial charge in [-0.3, -0.25) is 4.98 Å². The van der Waals surface area contributed by atoms with E-state index >= 15 is 0 Å². The molecule has 5 nitrogen and oxygen atoms in total. The van der Waals surface area contributed by atoms with Crippen molar-refractivity contribution in [1.29, 1.82) is 0 Å². The molecule has 2 aromatic rings. The van der Waals surface area contributed by atoms with E-state index in [0.717, 1.165) is 23.4 Å². The minimum absolute atomic E-state index is 0.0133. The van der Waals surface area contributed by atoms with Crippen LogP contribution in [0.4, 0.5) is 0 Å². The fourth-order valence-corrected chi connectivity index (χ4v) is 1.85. The summed E-state index contributed by atoms with van der Waals surface area (Å²) in [4.78, 5) is 12.4. The van der Waals surface area contributed by atoms with Crippen LogP contribution in [-0.2, 0) is 0 Å². The zero-order chi connectivity index (χ0) is 13.5. The van der Waals surface area contributed by atoms with E-state index in [1.165, 1.54) is 0 Å². The summed E-state index contributed by atoms with van der Waals surface area (Å²) in [5.74, 6) is 0.786. The van der Waals surface area contributed by atoms with Crippen LogP contribution in [0.15, 0.2) is 37.1 Å². The van der Waals surface area contributed by atoms with Gasteiger partial charge in [-0.2, -0.15) is 0 Å². The van der Waals surface area contributed by atoms with E-state index in [2.05, 4.69) is 27.2 Å². The Bertz CT molecular complexity index is 504. The van der Waals surface area contributed by atoms with Crippen molar-refractivity contribution in [3.05, 3.63) is 48.3 Å². The van der Waals surface area contributed by atoms with Crippen molar-refractivity contribution in [2.45, 2.75) is 19.4 Å². The second-order valence-corrected chi connectivity index (χ2v) is 4.16. The molecule has 1 atom stereocenters. The van der Waals surface area contributed by atoms with Gasteiger partial charge in [0.15, 0.2) is 0 Å². The lowest BCUT2D eigenvalue weighted by atomic mass is 10.1. The summed E-state index contributed by atoms with van der Waals surface area (Å²) in [5, 5.41) is 3.23. The lowest BCUT2D eigenvalue weighted by molar-refractivity contribution is 0.315. The first-order valence-corrected chi connectivity index (χ1v) is 6.36. The highest BCUT2D eigenvalue weighted by molar-refractivity contribution is 5.30. The van der Waals surface area contributed by atoms with E-state index in [1.54, 1.807) is 18.7 Å². The van der Waals surface area contributed by atoms with E-state index in [4.69, 9.17) is 4.74 Å². The van der Waals surface area contributed by atoms with Crippen LogP contribution in [0, 0.1) is 0 Å². The molecule has 1 N–H and O–H groups in total. The van der Waals surface area contributed by atoms with Crippen molar-refractivity contribution in [3.63, 3.8) is 0 Å². The van der Waals surface area contributed by atoms with E-state index in [0.29, 0.717) is 6.61 Å². The highest BCUT2D eigenvalue weighted by Gasteiger charge is 2.14. The molecular weight excluding hydrogens is 240 g/mol. The Morgan fingerprint density at radius 2 is 2.21 bits per heavy atom. The molecule has 0 saturated heterocycles. The molecule has 0 aliphatic rings. The first-order chi connectivity index (χ1) is 9.35. The summed E-state index contributed by atoms with van der Waals surface area (Å²) in [6.45, 7) is 2.78. The Balaban J connectivity index is 2.23. The quantitative estimate of drug-likeness (QED) is 0.858. The van der Waals surface area contributed by atoms with Gasteiger partial charge in [-0.25, -0.2) is 9.97 Å². The second kappa shape index (κ2) is 6.80. The van der Waals surface area contributed by atoms with Crippen molar-refractivity contribution < 1.29 is 4.74 Å². The molecule has 19 heavy (non-hydrogen) atoms. The van der Waals surface area contributed by atoms with Crippen LogP contribution in [0.5, 0.6) is 5.75 Å². The Hall–Kier alpha value is -2.01. The summed E-state index contributed by atoms with van der Waals surface area (Å²) in [7, 11) is 1.90. The number of ether oxygens (including phenoxy) is 1. The first-order valence-electron chi connectivity index (χ1n) is 6.36. The standard InChI is InChI=1S/C14H18N4O/c1-3-6-19-12-7-11(8-17-9-12)14(15-2)13-4-5-16-10-18-13/h4-5,7-10,14-15H,3,6H2,1-2H3. The van der Waals surface area contributed by atoms with Crippen LogP contribution in [0.3, 0.4) is 0 Å². The van der Waals surface area contributed by atoms with Crippen molar-refractivity contribution in [1.82, 2.24) is 20.3 Å². The van der Waals surface area contributed by atoms with Crippen LogP contribution in [0.25, 0.3) is 0 Å². The minimum Gasteiger partial charge on any atom is -0.492 e. The third-order valence-electron chi connectivity index (χ3n) is 2.73. The maximum atomic E-state index is 5.60. The third kappa shape index (κ3) is 3.48. The lowest BCUT2D eigenvalue weighted by Gasteiger charge is -2.16. The zero-order valence-corrected chi connectivity index (χ0v) is 11.2. The molecule has 2 heterocycles. The number of hydrogen-bond donors (Lipinski definition) is 1.